The molecule has 0 atom stereocenters. The van der Waals surface area contributed by atoms with Crippen LogP contribution in [0.25, 0.3) is 17.5 Å². The minimum atomic E-state index is -6.01. The monoisotopic (exact) mass is 504 g/mol. The fourth-order valence-electron chi connectivity index (χ4n) is 3.96. The van der Waals surface area contributed by atoms with Gasteiger partial charge in [0.15, 0.2) is 0 Å². The van der Waals surface area contributed by atoms with Crippen LogP contribution >= 0.6 is 0 Å². The van der Waals surface area contributed by atoms with E-state index in [0.29, 0.717) is 43.3 Å². The Morgan fingerprint density at radius 3 is 2.59 bits per heavy atom. The SMILES string of the molecule is O=CN1CCn2nc(-c3nc(OS(=O)(=O)C(F)(F)F)c4c(c3C=C(F)/C=C/F)CCC4)cc2C1. The summed E-state index contributed by atoms with van der Waals surface area (Å²) in [6, 6.07) is 1.52. The molecule has 3 heterocycles. The Labute approximate surface area is 190 Å². The topological polar surface area (TPSA) is 94.4 Å². The second kappa shape index (κ2) is 8.81. The number of pyridine rings is 1. The van der Waals surface area contributed by atoms with E-state index < -0.39 is 27.3 Å². The number of aromatic nitrogens is 3. The second-order valence-corrected chi connectivity index (χ2v) is 9.15. The van der Waals surface area contributed by atoms with Crippen LogP contribution < -0.4 is 4.18 Å². The quantitative estimate of drug-likeness (QED) is 0.197. The van der Waals surface area contributed by atoms with E-state index in [1.807, 2.05) is 0 Å². The minimum Gasteiger partial charge on any atom is -0.355 e. The number of carbonyl (C=O) groups is 1. The molecular weight excluding hydrogens is 487 g/mol. The summed E-state index contributed by atoms with van der Waals surface area (Å²) in [5.74, 6) is -1.76. The van der Waals surface area contributed by atoms with Crippen molar-refractivity contribution < 1.29 is 39.3 Å². The Balaban J connectivity index is 1.92. The number of fused-ring (bicyclic) bond motifs is 2. The van der Waals surface area contributed by atoms with E-state index in [9.17, 15) is 35.2 Å². The summed E-state index contributed by atoms with van der Waals surface area (Å²) in [6.07, 6.45) is 3.00. The molecular formula is C20H17F5N4O4S. The van der Waals surface area contributed by atoms with Gasteiger partial charge in [-0.2, -0.15) is 26.7 Å². The zero-order chi connectivity index (χ0) is 24.7. The number of amides is 1. The van der Waals surface area contributed by atoms with Crippen molar-refractivity contribution in [3.63, 3.8) is 0 Å². The fraction of sp³-hybridized carbons (Fsp3) is 0.350. The molecule has 2 aromatic rings. The van der Waals surface area contributed by atoms with Crippen molar-refractivity contribution in [3.8, 4) is 17.3 Å². The van der Waals surface area contributed by atoms with Gasteiger partial charge >= 0.3 is 15.6 Å². The third-order valence-corrected chi connectivity index (χ3v) is 6.41. The molecule has 0 N–H and O–H groups in total. The molecule has 0 spiro atoms. The van der Waals surface area contributed by atoms with E-state index in [-0.39, 0.29) is 48.2 Å². The molecule has 0 unspecified atom stereocenters. The van der Waals surface area contributed by atoms with E-state index in [1.54, 1.807) is 4.68 Å². The number of halogens is 5. The van der Waals surface area contributed by atoms with Crippen molar-refractivity contribution in [1.29, 1.82) is 0 Å². The number of carbonyl (C=O) groups excluding carboxylic acids is 1. The van der Waals surface area contributed by atoms with Crippen molar-refractivity contribution in [2.45, 2.75) is 37.9 Å². The number of allylic oxidation sites excluding steroid dienone is 2. The lowest BCUT2D eigenvalue weighted by atomic mass is 10.00. The van der Waals surface area contributed by atoms with Gasteiger partial charge in [0, 0.05) is 23.7 Å². The molecule has 1 amide bonds. The molecule has 34 heavy (non-hydrogen) atoms. The molecule has 0 radical (unpaired) electrons. The fourth-order valence-corrected chi connectivity index (χ4v) is 4.40. The first-order chi connectivity index (χ1) is 16.0. The Bertz CT molecular complexity index is 1300. The van der Waals surface area contributed by atoms with Gasteiger partial charge in [0.2, 0.25) is 12.3 Å². The van der Waals surface area contributed by atoms with Crippen molar-refractivity contribution in [1.82, 2.24) is 19.7 Å². The van der Waals surface area contributed by atoms with Crippen LogP contribution in [0.2, 0.25) is 0 Å². The molecule has 0 bridgehead atoms. The van der Waals surface area contributed by atoms with Crippen molar-refractivity contribution in [3.05, 3.63) is 46.7 Å². The maximum absolute atomic E-state index is 14.3. The highest BCUT2D eigenvalue weighted by Gasteiger charge is 2.49. The Morgan fingerprint density at radius 1 is 1.18 bits per heavy atom. The van der Waals surface area contributed by atoms with Gasteiger partial charge in [-0.05, 0) is 37.0 Å². The highest BCUT2D eigenvalue weighted by Crippen LogP contribution is 2.40. The second-order valence-electron chi connectivity index (χ2n) is 7.61. The summed E-state index contributed by atoms with van der Waals surface area (Å²) in [7, 11) is -6.01. The molecule has 0 fully saturated rings. The third-order valence-electron chi connectivity index (χ3n) is 5.47. The molecule has 0 saturated carbocycles. The molecule has 2 aliphatic rings. The highest BCUT2D eigenvalue weighted by atomic mass is 32.2. The van der Waals surface area contributed by atoms with Gasteiger partial charge in [-0.15, -0.1) is 0 Å². The van der Waals surface area contributed by atoms with Crippen LogP contribution in [0, 0.1) is 0 Å². The summed E-state index contributed by atoms with van der Waals surface area (Å²) in [4.78, 5) is 16.6. The van der Waals surface area contributed by atoms with Gasteiger partial charge in [0.25, 0.3) is 0 Å². The van der Waals surface area contributed by atoms with Gasteiger partial charge in [-0.25, -0.2) is 13.8 Å². The number of rotatable bonds is 6. The zero-order valence-electron chi connectivity index (χ0n) is 17.3. The van der Waals surface area contributed by atoms with Crippen molar-refractivity contribution >= 4 is 22.6 Å². The first-order valence-electron chi connectivity index (χ1n) is 10.0. The normalized spacial score (nSPS) is 16.6. The maximum atomic E-state index is 14.3. The van der Waals surface area contributed by atoms with E-state index >= 15 is 0 Å². The number of hydrogen-bond donors (Lipinski definition) is 0. The van der Waals surface area contributed by atoms with E-state index in [1.165, 1.54) is 11.0 Å². The zero-order valence-corrected chi connectivity index (χ0v) is 18.2. The van der Waals surface area contributed by atoms with Crippen molar-refractivity contribution in [2.75, 3.05) is 6.54 Å². The van der Waals surface area contributed by atoms with Crippen LogP contribution in [0.1, 0.15) is 28.8 Å². The number of nitrogens with zero attached hydrogens (tertiary/aromatic N) is 4. The largest absolute Gasteiger partial charge is 0.534 e. The average Bonchev–Trinajstić information content (AvgIpc) is 3.41. The molecule has 4 rings (SSSR count). The van der Waals surface area contributed by atoms with Crippen LogP contribution in [-0.2, 0) is 40.8 Å². The predicted molar refractivity (Wildman–Crippen MR) is 109 cm³/mol. The predicted octanol–water partition coefficient (Wildman–Crippen LogP) is 3.43. The smallest absolute Gasteiger partial charge is 0.355 e. The van der Waals surface area contributed by atoms with Crippen LogP contribution in [0.5, 0.6) is 5.88 Å². The first kappa shape index (κ1) is 23.9. The Kier molecular flexibility index (Phi) is 6.18. The molecule has 0 saturated heterocycles. The van der Waals surface area contributed by atoms with Crippen molar-refractivity contribution in [2.24, 2.45) is 0 Å². The maximum Gasteiger partial charge on any atom is 0.534 e. The van der Waals surface area contributed by atoms with E-state index in [0.717, 1.165) is 6.08 Å². The first-order valence-corrected chi connectivity index (χ1v) is 11.4. The Morgan fingerprint density at radius 2 is 1.91 bits per heavy atom. The van der Waals surface area contributed by atoms with E-state index in [4.69, 9.17) is 0 Å². The number of hydrogen-bond acceptors (Lipinski definition) is 6. The summed E-state index contributed by atoms with van der Waals surface area (Å²) in [6.45, 7) is 0.905. The minimum absolute atomic E-state index is 0.0180. The highest BCUT2D eigenvalue weighted by molar-refractivity contribution is 7.87. The molecule has 0 aromatic carbocycles. The third kappa shape index (κ3) is 4.41. The molecule has 2 aromatic heterocycles. The van der Waals surface area contributed by atoms with Gasteiger partial charge in [-0.1, -0.05) is 0 Å². The molecule has 1 aliphatic carbocycles. The van der Waals surface area contributed by atoms with Crippen LogP contribution in [0.4, 0.5) is 22.0 Å². The average molecular weight is 504 g/mol. The molecule has 8 nitrogen and oxygen atoms in total. The van der Waals surface area contributed by atoms with Gasteiger partial charge in [-0.3, -0.25) is 9.48 Å². The lowest BCUT2D eigenvalue weighted by Gasteiger charge is -2.23. The van der Waals surface area contributed by atoms with Gasteiger partial charge < -0.3 is 9.08 Å². The molecule has 182 valence electrons. The molecule has 14 heteroatoms. The van der Waals surface area contributed by atoms with Gasteiger partial charge in [0.05, 0.1) is 25.1 Å². The summed E-state index contributed by atoms with van der Waals surface area (Å²) in [5.41, 5.74) is -4.56. The van der Waals surface area contributed by atoms with E-state index in [2.05, 4.69) is 14.3 Å². The summed E-state index contributed by atoms with van der Waals surface area (Å²) < 4.78 is 95.0. The summed E-state index contributed by atoms with van der Waals surface area (Å²) >= 11 is 0. The summed E-state index contributed by atoms with van der Waals surface area (Å²) in [5, 5.41) is 4.36. The molecule has 1 aliphatic heterocycles. The number of alkyl halides is 3. The lowest BCUT2D eigenvalue weighted by Crippen LogP contribution is -2.32. The van der Waals surface area contributed by atoms with Gasteiger partial charge in [0.1, 0.15) is 17.2 Å². The van der Waals surface area contributed by atoms with Crippen LogP contribution in [0.15, 0.2) is 24.3 Å². The standard InChI is InChI=1S/C20H17F5N4O4S/c21-5-4-12(22)8-16-14-2-1-3-15(14)19(33-34(31,32)20(23,24)25)26-18(16)17-9-13-10-28(11-30)6-7-29(13)27-17/h4-5,8-9,11H,1-3,6-7,10H2/b5-4+,12-8?. The van der Waals surface area contributed by atoms with Crippen LogP contribution in [0.3, 0.4) is 0 Å². The van der Waals surface area contributed by atoms with Crippen LogP contribution in [-0.4, -0.2) is 46.5 Å². The Hall–Kier alpha value is -3.29. The lowest BCUT2D eigenvalue weighted by molar-refractivity contribution is -0.119.